The predicted octanol–water partition coefficient (Wildman–Crippen LogP) is 0.630. The van der Waals surface area contributed by atoms with Crippen molar-refractivity contribution >= 4 is 11.8 Å². The smallest absolute Gasteiger partial charge is 0.261 e. The van der Waals surface area contributed by atoms with Crippen molar-refractivity contribution in [2.45, 2.75) is 13.0 Å². The number of hydrogen-bond acceptors (Lipinski definition) is 3. The molecule has 1 aliphatic rings. The molecule has 1 atom stereocenters. The lowest BCUT2D eigenvalue weighted by Crippen LogP contribution is -2.42. The van der Waals surface area contributed by atoms with E-state index >= 15 is 0 Å². The summed E-state index contributed by atoms with van der Waals surface area (Å²) in [7, 11) is 0. The fraction of sp³-hybridized carbons (Fsp3) is 0.273. The molecule has 2 amide bonds. The minimum Gasteiger partial charge on any atom is -0.328 e. The molecule has 0 aromatic heterocycles. The van der Waals surface area contributed by atoms with Crippen LogP contribution in [0.2, 0.25) is 0 Å². The number of carbonyl (C=O) groups excluding carboxylic acids is 2. The van der Waals surface area contributed by atoms with E-state index in [1.807, 2.05) is 0 Å². The molecule has 0 aliphatic carbocycles. The van der Waals surface area contributed by atoms with Gasteiger partial charge in [-0.3, -0.25) is 14.5 Å². The van der Waals surface area contributed by atoms with Crippen LogP contribution in [0.4, 0.5) is 0 Å². The Balaban J connectivity index is 2.45. The molecule has 1 aromatic rings. The second-order valence-corrected chi connectivity index (χ2v) is 3.61. The van der Waals surface area contributed by atoms with Crippen LogP contribution in [0.5, 0.6) is 0 Å². The van der Waals surface area contributed by atoms with E-state index in [2.05, 4.69) is 0 Å². The molecule has 0 fully saturated rings. The van der Waals surface area contributed by atoms with Crippen LogP contribution < -0.4 is 5.73 Å². The van der Waals surface area contributed by atoms with Crippen LogP contribution in [0, 0.1) is 0 Å². The molecule has 1 aliphatic heterocycles. The average Bonchev–Trinajstić information content (AvgIpc) is 2.52. The van der Waals surface area contributed by atoms with Crippen molar-refractivity contribution in [3.05, 3.63) is 35.4 Å². The fourth-order valence-corrected chi connectivity index (χ4v) is 1.71. The summed E-state index contributed by atoms with van der Waals surface area (Å²) in [5.74, 6) is -0.484. The monoisotopic (exact) mass is 204 g/mol. The first-order valence-electron chi connectivity index (χ1n) is 4.83. The molecule has 1 aromatic carbocycles. The number of benzene rings is 1. The Kier molecular flexibility index (Phi) is 2.28. The van der Waals surface area contributed by atoms with Gasteiger partial charge in [-0.15, -0.1) is 0 Å². The van der Waals surface area contributed by atoms with Crippen molar-refractivity contribution in [1.82, 2.24) is 4.90 Å². The maximum absolute atomic E-state index is 11.9. The van der Waals surface area contributed by atoms with Gasteiger partial charge in [0.15, 0.2) is 0 Å². The van der Waals surface area contributed by atoms with E-state index in [1.54, 1.807) is 31.2 Å². The third-order valence-electron chi connectivity index (χ3n) is 2.61. The minimum absolute atomic E-state index is 0.242. The van der Waals surface area contributed by atoms with Crippen LogP contribution >= 0.6 is 0 Å². The Morgan fingerprint density at radius 1 is 1.20 bits per heavy atom. The lowest BCUT2D eigenvalue weighted by molar-refractivity contribution is 0.0602. The van der Waals surface area contributed by atoms with E-state index in [9.17, 15) is 9.59 Å². The number of amides is 2. The maximum atomic E-state index is 11.9. The average molecular weight is 204 g/mol. The quantitative estimate of drug-likeness (QED) is 0.718. The van der Waals surface area contributed by atoms with Crippen molar-refractivity contribution in [3.63, 3.8) is 0 Å². The van der Waals surface area contributed by atoms with Crippen LogP contribution in [0.3, 0.4) is 0 Å². The largest absolute Gasteiger partial charge is 0.328 e. The zero-order valence-electron chi connectivity index (χ0n) is 8.43. The van der Waals surface area contributed by atoms with Crippen LogP contribution in [0.15, 0.2) is 24.3 Å². The van der Waals surface area contributed by atoms with Gasteiger partial charge in [0.05, 0.1) is 11.1 Å². The van der Waals surface area contributed by atoms with Crippen molar-refractivity contribution in [2.24, 2.45) is 5.73 Å². The van der Waals surface area contributed by atoms with E-state index in [0.717, 1.165) is 0 Å². The number of hydrogen-bond donors (Lipinski definition) is 1. The second kappa shape index (κ2) is 3.47. The summed E-state index contributed by atoms with van der Waals surface area (Å²) in [5, 5.41) is 0. The van der Waals surface area contributed by atoms with E-state index in [1.165, 1.54) is 4.90 Å². The first-order valence-corrected chi connectivity index (χ1v) is 4.83. The lowest BCUT2D eigenvalue weighted by Gasteiger charge is -2.20. The van der Waals surface area contributed by atoms with Crippen molar-refractivity contribution < 1.29 is 9.59 Å². The highest BCUT2D eigenvalue weighted by atomic mass is 16.2. The summed E-state index contributed by atoms with van der Waals surface area (Å²) < 4.78 is 0. The molecule has 4 heteroatoms. The van der Waals surface area contributed by atoms with Crippen LogP contribution in [0.25, 0.3) is 0 Å². The van der Waals surface area contributed by atoms with Crippen molar-refractivity contribution in [3.8, 4) is 0 Å². The van der Waals surface area contributed by atoms with Crippen LogP contribution in [0.1, 0.15) is 27.6 Å². The van der Waals surface area contributed by atoms with Gasteiger partial charge >= 0.3 is 0 Å². The number of imide groups is 1. The molecular weight excluding hydrogens is 192 g/mol. The molecule has 0 saturated heterocycles. The second-order valence-electron chi connectivity index (χ2n) is 3.61. The highest BCUT2D eigenvalue weighted by Crippen LogP contribution is 2.23. The summed E-state index contributed by atoms with van der Waals surface area (Å²) in [6.45, 7) is 2.05. The van der Waals surface area contributed by atoms with Gasteiger partial charge < -0.3 is 5.73 Å². The SMILES string of the molecule is C[C@@H](CN)N1C(=O)c2ccccc2C1=O. The number of nitrogens with zero attached hydrogens (tertiary/aromatic N) is 1. The van der Waals surface area contributed by atoms with Gasteiger partial charge in [-0.1, -0.05) is 12.1 Å². The Morgan fingerprint density at radius 3 is 2.07 bits per heavy atom. The van der Waals surface area contributed by atoms with E-state index < -0.39 is 0 Å². The first-order chi connectivity index (χ1) is 7.16. The Morgan fingerprint density at radius 2 is 1.67 bits per heavy atom. The number of fused-ring (bicyclic) bond motifs is 1. The van der Waals surface area contributed by atoms with Gasteiger partial charge in [-0.05, 0) is 19.1 Å². The third-order valence-corrected chi connectivity index (χ3v) is 2.61. The van der Waals surface area contributed by atoms with E-state index in [-0.39, 0.29) is 24.4 Å². The molecule has 78 valence electrons. The Bertz CT molecular complexity index is 393. The number of rotatable bonds is 2. The summed E-state index contributed by atoms with van der Waals surface area (Å²) in [4.78, 5) is 24.9. The van der Waals surface area contributed by atoms with Gasteiger partial charge in [0.2, 0.25) is 0 Å². The van der Waals surface area contributed by atoms with Gasteiger partial charge in [0, 0.05) is 12.6 Å². The molecular formula is C11H12N2O2. The first kappa shape index (κ1) is 9.86. The normalized spacial score (nSPS) is 16.8. The van der Waals surface area contributed by atoms with Gasteiger partial charge in [0.1, 0.15) is 0 Å². The number of nitrogens with two attached hydrogens (primary N) is 1. The molecule has 2 N–H and O–H groups in total. The third kappa shape index (κ3) is 1.34. The van der Waals surface area contributed by atoms with Crippen molar-refractivity contribution in [1.29, 1.82) is 0 Å². The van der Waals surface area contributed by atoms with Crippen LogP contribution in [-0.4, -0.2) is 29.3 Å². The molecule has 2 rings (SSSR count). The van der Waals surface area contributed by atoms with E-state index in [0.29, 0.717) is 11.1 Å². The highest BCUT2D eigenvalue weighted by Gasteiger charge is 2.37. The zero-order valence-corrected chi connectivity index (χ0v) is 8.43. The summed E-state index contributed by atoms with van der Waals surface area (Å²) in [6, 6.07) is 6.58. The zero-order chi connectivity index (χ0) is 11.0. The van der Waals surface area contributed by atoms with Gasteiger partial charge in [0.25, 0.3) is 11.8 Å². The fourth-order valence-electron chi connectivity index (χ4n) is 1.71. The molecule has 4 nitrogen and oxygen atoms in total. The number of carbonyl (C=O) groups is 2. The maximum Gasteiger partial charge on any atom is 0.261 e. The molecule has 15 heavy (non-hydrogen) atoms. The molecule has 0 saturated carbocycles. The Labute approximate surface area is 87.7 Å². The highest BCUT2D eigenvalue weighted by molar-refractivity contribution is 6.21. The van der Waals surface area contributed by atoms with Gasteiger partial charge in [-0.25, -0.2) is 0 Å². The van der Waals surface area contributed by atoms with Crippen LogP contribution in [-0.2, 0) is 0 Å². The molecule has 0 bridgehead atoms. The lowest BCUT2D eigenvalue weighted by atomic mass is 10.1. The molecule has 0 spiro atoms. The predicted molar refractivity (Wildman–Crippen MR) is 55.5 cm³/mol. The minimum atomic E-state index is -0.252. The Hall–Kier alpha value is -1.68. The van der Waals surface area contributed by atoms with Crippen molar-refractivity contribution in [2.75, 3.05) is 6.54 Å². The standard InChI is InChI=1S/C11H12N2O2/c1-7(6-12)13-10(14)8-4-2-3-5-9(8)11(13)15/h2-5,7H,6,12H2,1H3/t7-/m0/s1. The summed E-state index contributed by atoms with van der Waals surface area (Å²) in [6.07, 6.45) is 0. The van der Waals surface area contributed by atoms with E-state index in [4.69, 9.17) is 5.73 Å². The molecule has 1 heterocycles. The summed E-state index contributed by atoms with van der Waals surface area (Å²) >= 11 is 0. The molecule has 0 radical (unpaired) electrons. The molecule has 0 unspecified atom stereocenters. The van der Waals surface area contributed by atoms with Gasteiger partial charge in [-0.2, -0.15) is 0 Å². The topological polar surface area (TPSA) is 63.4 Å². The summed E-state index contributed by atoms with van der Waals surface area (Å²) in [5.41, 5.74) is 6.41.